The molecule has 0 amide bonds. The number of rotatable bonds is 5. The van der Waals surface area contributed by atoms with Gasteiger partial charge in [0.25, 0.3) is 0 Å². The van der Waals surface area contributed by atoms with E-state index in [2.05, 4.69) is 35.6 Å². The van der Waals surface area contributed by atoms with E-state index in [-0.39, 0.29) is 12.1 Å². The molecule has 1 aliphatic heterocycles. The van der Waals surface area contributed by atoms with Crippen molar-refractivity contribution < 1.29 is 4.74 Å². The lowest BCUT2D eigenvalue weighted by Crippen LogP contribution is -2.42. The van der Waals surface area contributed by atoms with Crippen molar-refractivity contribution in [3.63, 3.8) is 0 Å². The third-order valence-corrected chi connectivity index (χ3v) is 3.45. The van der Waals surface area contributed by atoms with Gasteiger partial charge in [0.05, 0.1) is 18.8 Å². The maximum atomic E-state index is 5.89. The fraction of sp³-hybridized carbons (Fsp3) is 0.467. The molecule has 0 radical (unpaired) electrons. The number of hydrazine groups is 1. The van der Waals surface area contributed by atoms with Crippen LogP contribution in [-0.4, -0.2) is 12.6 Å². The van der Waals surface area contributed by atoms with Crippen molar-refractivity contribution >= 4 is 0 Å². The van der Waals surface area contributed by atoms with Gasteiger partial charge in [-0.2, -0.15) is 0 Å². The highest BCUT2D eigenvalue weighted by Gasteiger charge is 2.27. The van der Waals surface area contributed by atoms with Crippen molar-refractivity contribution in [3.8, 4) is 12.3 Å². The standard InChI is InChI=1S/C15H20N2O/c1-2-3-4-9-14(17-16)15-13-8-6-5-7-12(13)10-11-18-15/h1,5-8,14-15,17H,3-4,9-11,16H2. The maximum Gasteiger partial charge on any atom is 0.0994 e. The zero-order valence-corrected chi connectivity index (χ0v) is 10.6. The summed E-state index contributed by atoms with van der Waals surface area (Å²) in [4.78, 5) is 0. The number of nitrogens with two attached hydrogens (primary N) is 1. The van der Waals surface area contributed by atoms with Crippen LogP contribution in [0, 0.1) is 12.3 Å². The van der Waals surface area contributed by atoms with Crippen LogP contribution in [0.25, 0.3) is 0 Å². The lowest BCUT2D eigenvalue weighted by Gasteiger charge is -2.32. The van der Waals surface area contributed by atoms with E-state index in [9.17, 15) is 0 Å². The second-order valence-corrected chi connectivity index (χ2v) is 4.61. The Bertz CT molecular complexity index is 425. The van der Waals surface area contributed by atoms with Crippen LogP contribution >= 0.6 is 0 Å². The molecule has 1 heterocycles. The molecule has 0 aliphatic carbocycles. The number of ether oxygens (including phenoxy) is 1. The summed E-state index contributed by atoms with van der Waals surface area (Å²) >= 11 is 0. The largest absolute Gasteiger partial charge is 0.371 e. The van der Waals surface area contributed by atoms with Gasteiger partial charge in [-0.05, 0) is 30.4 Å². The minimum atomic E-state index is 0.0396. The summed E-state index contributed by atoms with van der Waals surface area (Å²) in [5.74, 6) is 8.32. The van der Waals surface area contributed by atoms with E-state index in [4.69, 9.17) is 17.0 Å². The van der Waals surface area contributed by atoms with Crippen LogP contribution in [0.3, 0.4) is 0 Å². The molecule has 2 atom stereocenters. The molecule has 0 saturated heterocycles. The Morgan fingerprint density at radius 3 is 3.11 bits per heavy atom. The van der Waals surface area contributed by atoms with Crippen LogP contribution in [0.4, 0.5) is 0 Å². The molecule has 1 aromatic rings. The molecule has 3 heteroatoms. The molecule has 1 aromatic carbocycles. The van der Waals surface area contributed by atoms with Crippen LogP contribution in [0.15, 0.2) is 24.3 Å². The fourth-order valence-electron chi connectivity index (χ4n) is 2.50. The highest BCUT2D eigenvalue weighted by Crippen LogP contribution is 2.31. The first-order chi connectivity index (χ1) is 8.86. The molecule has 18 heavy (non-hydrogen) atoms. The molecule has 3 nitrogen and oxygen atoms in total. The first-order valence-electron chi connectivity index (χ1n) is 6.46. The van der Waals surface area contributed by atoms with Gasteiger partial charge >= 0.3 is 0 Å². The van der Waals surface area contributed by atoms with Crippen LogP contribution in [0.1, 0.15) is 36.5 Å². The van der Waals surface area contributed by atoms with Crippen molar-refractivity contribution in [3.05, 3.63) is 35.4 Å². The van der Waals surface area contributed by atoms with E-state index in [1.54, 1.807) is 0 Å². The van der Waals surface area contributed by atoms with E-state index in [0.717, 1.165) is 32.3 Å². The Hall–Kier alpha value is -1.34. The number of nitrogens with one attached hydrogen (secondary N) is 1. The molecule has 96 valence electrons. The average Bonchev–Trinajstić information content (AvgIpc) is 2.43. The molecule has 1 aliphatic rings. The summed E-state index contributed by atoms with van der Waals surface area (Å²) in [6.07, 6.45) is 8.98. The summed E-state index contributed by atoms with van der Waals surface area (Å²) in [5, 5.41) is 0. The zero-order chi connectivity index (χ0) is 12.8. The molecule has 3 N–H and O–H groups in total. The maximum absolute atomic E-state index is 5.89. The summed E-state index contributed by atoms with van der Waals surface area (Å²) < 4.78 is 5.89. The Morgan fingerprint density at radius 1 is 1.50 bits per heavy atom. The van der Waals surface area contributed by atoms with E-state index in [1.165, 1.54) is 11.1 Å². The fourth-order valence-corrected chi connectivity index (χ4v) is 2.50. The van der Waals surface area contributed by atoms with Gasteiger partial charge in [-0.1, -0.05) is 24.3 Å². The Kier molecular flexibility index (Phi) is 4.77. The third-order valence-electron chi connectivity index (χ3n) is 3.45. The molecule has 0 spiro atoms. The Morgan fingerprint density at radius 2 is 2.33 bits per heavy atom. The SMILES string of the molecule is C#CCCCC(NN)C1OCCc2ccccc21. The van der Waals surface area contributed by atoms with Gasteiger partial charge in [0.2, 0.25) is 0 Å². The van der Waals surface area contributed by atoms with Gasteiger partial charge in [-0.15, -0.1) is 12.3 Å². The number of unbranched alkanes of at least 4 members (excludes halogenated alkanes) is 1. The first kappa shape index (κ1) is 13.1. The molecular formula is C15H20N2O. The van der Waals surface area contributed by atoms with Crippen LogP contribution < -0.4 is 11.3 Å². The zero-order valence-electron chi connectivity index (χ0n) is 10.6. The van der Waals surface area contributed by atoms with E-state index < -0.39 is 0 Å². The van der Waals surface area contributed by atoms with Crippen LogP contribution in [0.2, 0.25) is 0 Å². The summed E-state index contributed by atoms with van der Waals surface area (Å²) in [6.45, 7) is 0.759. The van der Waals surface area contributed by atoms with E-state index in [1.807, 2.05) is 0 Å². The smallest absolute Gasteiger partial charge is 0.0994 e. The number of terminal acetylenes is 1. The predicted molar refractivity (Wildman–Crippen MR) is 72.6 cm³/mol. The molecule has 0 bridgehead atoms. The second-order valence-electron chi connectivity index (χ2n) is 4.61. The third kappa shape index (κ3) is 2.91. The molecule has 2 unspecified atom stereocenters. The van der Waals surface area contributed by atoms with Gasteiger partial charge in [0, 0.05) is 6.42 Å². The number of benzene rings is 1. The second kappa shape index (κ2) is 6.55. The lowest BCUT2D eigenvalue weighted by molar-refractivity contribution is 0.0129. The number of fused-ring (bicyclic) bond motifs is 1. The number of hydrogen-bond acceptors (Lipinski definition) is 3. The van der Waals surface area contributed by atoms with Gasteiger partial charge in [-0.3, -0.25) is 11.3 Å². The first-order valence-corrected chi connectivity index (χ1v) is 6.46. The quantitative estimate of drug-likeness (QED) is 0.360. The Balaban J connectivity index is 2.10. The highest BCUT2D eigenvalue weighted by atomic mass is 16.5. The minimum Gasteiger partial charge on any atom is -0.371 e. The molecule has 0 fully saturated rings. The molecule has 0 aromatic heterocycles. The monoisotopic (exact) mass is 244 g/mol. The average molecular weight is 244 g/mol. The van der Waals surface area contributed by atoms with Gasteiger partial charge < -0.3 is 4.74 Å². The predicted octanol–water partition coefficient (Wildman–Crippen LogP) is 1.94. The normalized spacial score (nSPS) is 19.9. The summed E-state index contributed by atoms with van der Waals surface area (Å²) in [6, 6.07) is 8.55. The van der Waals surface area contributed by atoms with Gasteiger partial charge in [0.1, 0.15) is 0 Å². The molecular weight excluding hydrogens is 224 g/mol. The van der Waals surface area contributed by atoms with Crippen molar-refractivity contribution in [2.24, 2.45) is 5.84 Å². The van der Waals surface area contributed by atoms with Gasteiger partial charge in [-0.25, -0.2) is 0 Å². The van der Waals surface area contributed by atoms with Crippen molar-refractivity contribution in [1.82, 2.24) is 5.43 Å². The molecule has 0 saturated carbocycles. The van der Waals surface area contributed by atoms with Crippen LogP contribution in [0.5, 0.6) is 0 Å². The van der Waals surface area contributed by atoms with Crippen molar-refractivity contribution in [2.45, 2.75) is 37.8 Å². The topological polar surface area (TPSA) is 47.3 Å². The van der Waals surface area contributed by atoms with E-state index in [0.29, 0.717) is 0 Å². The summed E-state index contributed by atoms with van der Waals surface area (Å²) in [5.41, 5.74) is 5.50. The van der Waals surface area contributed by atoms with Gasteiger partial charge in [0.15, 0.2) is 0 Å². The Labute approximate surface area is 109 Å². The minimum absolute atomic E-state index is 0.0396. The van der Waals surface area contributed by atoms with Crippen LogP contribution in [-0.2, 0) is 11.2 Å². The number of hydrogen-bond donors (Lipinski definition) is 2. The summed E-state index contributed by atoms with van der Waals surface area (Å²) in [7, 11) is 0. The van der Waals surface area contributed by atoms with Crippen molar-refractivity contribution in [2.75, 3.05) is 6.61 Å². The van der Waals surface area contributed by atoms with E-state index >= 15 is 0 Å². The highest BCUT2D eigenvalue weighted by molar-refractivity contribution is 5.31. The molecule has 2 rings (SSSR count). The lowest BCUT2D eigenvalue weighted by atomic mass is 9.91. The van der Waals surface area contributed by atoms with Crippen molar-refractivity contribution in [1.29, 1.82) is 0 Å².